The van der Waals surface area contributed by atoms with Crippen LogP contribution < -0.4 is 4.74 Å². The van der Waals surface area contributed by atoms with Gasteiger partial charge >= 0.3 is 5.97 Å². The molecule has 0 radical (unpaired) electrons. The highest BCUT2D eigenvalue weighted by atomic mass is 79.9. The van der Waals surface area contributed by atoms with Crippen molar-refractivity contribution in [3.8, 4) is 17.1 Å². The minimum atomic E-state index is -0.747. The van der Waals surface area contributed by atoms with Crippen molar-refractivity contribution in [2.45, 2.75) is 45.3 Å². The molecule has 0 aromatic carbocycles. The third-order valence-electron chi connectivity index (χ3n) is 5.31. The summed E-state index contributed by atoms with van der Waals surface area (Å²) in [5, 5.41) is 25.7. The fourth-order valence-electron chi connectivity index (χ4n) is 3.72. The Hall–Kier alpha value is -2.82. The minimum Gasteiger partial charge on any atom is -0.489 e. The molecule has 3 aromatic rings. The lowest BCUT2D eigenvalue weighted by atomic mass is 9.87. The molecule has 30 heavy (non-hydrogen) atoms. The summed E-state index contributed by atoms with van der Waals surface area (Å²) in [5.74, 6) is -0.418. The van der Waals surface area contributed by atoms with Crippen LogP contribution >= 0.6 is 15.9 Å². The maximum atomic E-state index is 11.3. The molecule has 1 aliphatic carbocycles. The Morgan fingerprint density at radius 3 is 2.83 bits per heavy atom. The van der Waals surface area contributed by atoms with E-state index >= 15 is 0 Å². The van der Waals surface area contributed by atoms with Crippen molar-refractivity contribution in [1.29, 1.82) is 0 Å². The molecule has 1 aliphatic rings. The number of hydrogen-bond acceptors (Lipinski definition) is 7. The number of aromatic nitrogens is 7. The van der Waals surface area contributed by atoms with E-state index in [9.17, 15) is 9.90 Å². The highest BCUT2D eigenvalue weighted by molar-refractivity contribution is 9.10. The fraction of sp³-hybridized carbons (Fsp3) is 0.474. The predicted molar refractivity (Wildman–Crippen MR) is 110 cm³/mol. The Kier molecular flexibility index (Phi) is 5.80. The fourth-order valence-corrected chi connectivity index (χ4v) is 4.03. The van der Waals surface area contributed by atoms with Gasteiger partial charge < -0.3 is 9.84 Å². The summed E-state index contributed by atoms with van der Waals surface area (Å²) in [6.45, 7) is 2.33. The van der Waals surface area contributed by atoms with Crippen molar-refractivity contribution in [3.63, 3.8) is 0 Å². The van der Waals surface area contributed by atoms with Gasteiger partial charge in [-0.2, -0.15) is 0 Å². The SMILES string of the molecule is Cc1nc(-c2nnn(C)c2Cn2cc(Br)nn2)ccc1O[C@H]1CCC[C@H](C(=O)O)C1. The topological polar surface area (TPSA) is 121 Å². The van der Waals surface area contributed by atoms with E-state index in [-0.39, 0.29) is 12.0 Å². The number of rotatable bonds is 6. The largest absolute Gasteiger partial charge is 0.489 e. The van der Waals surface area contributed by atoms with Crippen LogP contribution in [-0.2, 0) is 18.4 Å². The zero-order valence-electron chi connectivity index (χ0n) is 16.7. The Morgan fingerprint density at radius 2 is 2.13 bits per heavy atom. The molecule has 0 spiro atoms. The number of aliphatic carboxylic acids is 1. The molecule has 0 saturated heterocycles. The molecule has 0 aliphatic heterocycles. The molecule has 1 saturated carbocycles. The van der Waals surface area contributed by atoms with Gasteiger partial charge in [-0.25, -0.2) is 14.3 Å². The van der Waals surface area contributed by atoms with Crippen LogP contribution in [0.4, 0.5) is 0 Å². The smallest absolute Gasteiger partial charge is 0.306 e. The maximum Gasteiger partial charge on any atom is 0.306 e. The third-order valence-corrected chi connectivity index (χ3v) is 5.68. The molecule has 3 heterocycles. The molecule has 2 atom stereocenters. The van der Waals surface area contributed by atoms with Gasteiger partial charge in [0.1, 0.15) is 16.0 Å². The monoisotopic (exact) mass is 475 g/mol. The van der Waals surface area contributed by atoms with E-state index in [1.165, 1.54) is 0 Å². The average molecular weight is 476 g/mol. The van der Waals surface area contributed by atoms with Gasteiger partial charge in [-0.1, -0.05) is 10.4 Å². The molecule has 11 heteroatoms. The van der Waals surface area contributed by atoms with Gasteiger partial charge in [0, 0.05) is 7.05 Å². The molecular formula is C19H22BrN7O3. The summed E-state index contributed by atoms with van der Waals surface area (Å²) in [6.07, 6.45) is 4.62. The van der Waals surface area contributed by atoms with Crippen LogP contribution in [0.25, 0.3) is 11.4 Å². The number of hydrogen-bond donors (Lipinski definition) is 1. The van der Waals surface area contributed by atoms with Gasteiger partial charge in [0.2, 0.25) is 0 Å². The molecule has 0 bridgehead atoms. The summed E-state index contributed by atoms with van der Waals surface area (Å²) in [4.78, 5) is 16.0. The van der Waals surface area contributed by atoms with E-state index in [2.05, 4.69) is 41.5 Å². The summed E-state index contributed by atoms with van der Waals surface area (Å²) in [5.41, 5.74) is 2.94. The molecule has 0 amide bonds. The van der Waals surface area contributed by atoms with E-state index in [4.69, 9.17) is 4.74 Å². The Bertz CT molecular complexity index is 1060. The van der Waals surface area contributed by atoms with E-state index in [0.717, 1.165) is 24.2 Å². The molecule has 10 nitrogen and oxygen atoms in total. The van der Waals surface area contributed by atoms with Gasteiger partial charge in [-0.3, -0.25) is 4.79 Å². The summed E-state index contributed by atoms with van der Waals surface area (Å²) in [6, 6.07) is 3.72. The molecule has 158 valence electrons. The number of carboxylic acid groups (broad SMARTS) is 1. The molecule has 1 N–H and O–H groups in total. The number of aryl methyl sites for hydroxylation is 2. The normalized spacial score (nSPS) is 19.0. The maximum absolute atomic E-state index is 11.3. The van der Waals surface area contributed by atoms with E-state index in [1.807, 2.05) is 26.1 Å². The van der Waals surface area contributed by atoms with E-state index in [0.29, 0.717) is 41.1 Å². The van der Waals surface area contributed by atoms with Crippen LogP contribution in [0, 0.1) is 12.8 Å². The van der Waals surface area contributed by atoms with Crippen molar-refractivity contribution in [3.05, 3.63) is 34.3 Å². The molecule has 0 unspecified atom stereocenters. The summed E-state index contributed by atoms with van der Waals surface area (Å²) >= 11 is 3.30. The number of nitrogens with zero attached hydrogens (tertiary/aromatic N) is 7. The van der Waals surface area contributed by atoms with Crippen LogP contribution in [0.5, 0.6) is 5.75 Å². The molecular weight excluding hydrogens is 454 g/mol. The van der Waals surface area contributed by atoms with Gasteiger partial charge in [0.05, 0.1) is 41.8 Å². The van der Waals surface area contributed by atoms with Crippen molar-refractivity contribution in [1.82, 2.24) is 35.0 Å². The van der Waals surface area contributed by atoms with Crippen LogP contribution in [0.15, 0.2) is 22.9 Å². The van der Waals surface area contributed by atoms with Gasteiger partial charge in [-0.05, 0) is 60.7 Å². The van der Waals surface area contributed by atoms with Crippen molar-refractivity contribution >= 4 is 21.9 Å². The summed E-state index contributed by atoms with van der Waals surface area (Å²) < 4.78 is 10.1. The van der Waals surface area contributed by atoms with Crippen LogP contribution in [0.1, 0.15) is 37.1 Å². The Morgan fingerprint density at radius 1 is 1.30 bits per heavy atom. The number of carboxylic acids is 1. The average Bonchev–Trinajstić information content (AvgIpc) is 3.29. The second-order valence-electron chi connectivity index (χ2n) is 7.47. The standard InChI is InChI=1S/C19H22BrN7O3/c1-11-16(30-13-5-3-4-12(8-13)19(28)29)7-6-14(21-11)18-15(26(2)24-23-18)9-27-10-17(20)22-25-27/h6-7,10,12-13H,3-5,8-9H2,1-2H3,(H,28,29)/t12-,13-/m0/s1. The zero-order valence-corrected chi connectivity index (χ0v) is 18.3. The quantitative estimate of drug-likeness (QED) is 0.577. The second-order valence-corrected chi connectivity index (χ2v) is 8.28. The lowest BCUT2D eigenvalue weighted by Gasteiger charge is -2.27. The second kappa shape index (κ2) is 8.50. The van der Waals surface area contributed by atoms with Gasteiger partial charge in [0.25, 0.3) is 0 Å². The van der Waals surface area contributed by atoms with E-state index in [1.54, 1.807) is 15.6 Å². The van der Waals surface area contributed by atoms with Crippen molar-refractivity contribution in [2.75, 3.05) is 0 Å². The first kappa shape index (κ1) is 20.5. The Balaban J connectivity index is 1.53. The zero-order chi connectivity index (χ0) is 21.3. The first-order chi connectivity index (χ1) is 14.4. The summed E-state index contributed by atoms with van der Waals surface area (Å²) in [7, 11) is 1.82. The van der Waals surface area contributed by atoms with Gasteiger partial charge in [-0.15, -0.1) is 10.2 Å². The predicted octanol–water partition coefficient (Wildman–Crippen LogP) is 2.61. The molecule has 1 fully saturated rings. The number of pyridine rings is 1. The minimum absolute atomic E-state index is 0.107. The number of ether oxygens (including phenoxy) is 1. The number of halogens is 1. The lowest BCUT2D eigenvalue weighted by Crippen LogP contribution is -2.29. The first-order valence-electron chi connectivity index (χ1n) is 9.72. The lowest BCUT2D eigenvalue weighted by molar-refractivity contribution is -0.143. The van der Waals surface area contributed by atoms with Crippen molar-refractivity contribution in [2.24, 2.45) is 13.0 Å². The highest BCUT2D eigenvalue weighted by Crippen LogP contribution is 2.30. The van der Waals surface area contributed by atoms with Crippen LogP contribution in [0.2, 0.25) is 0 Å². The van der Waals surface area contributed by atoms with Crippen LogP contribution in [0.3, 0.4) is 0 Å². The van der Waals surface area contributed by atoms with Gasteiger partial charge in [0.15, 0.2) is 0 Å². The molecule has 3 aromatic heterocycles. The van der Waals surface area contributed by atoms with Crippen molar-refractivity contribution < 1.29 is 14.6 Å². The third kappa shape index (κ3) is 4.35. The van der Waals surface area contributed by atoms with E-state index < -0.39 is 5.97 Å². The number of carbonyl (C=O) groups is 1. The van der Waals surface area contributed by atoms with Crippen LogP contribution in [-0.4, -0.2) is 52.2 Å². The molecule has 4 rings (SSSR count). The highest BCUT2D eigenvalue weighted by Gasteiger charge is 2.28. The Labute approximate surface area is 181 Å². The first-order valence-corrected chi connectivity index (χ1v) is 10.5.